The molecule has 1 N–H and O–H groups in total. The number of hydrogen-bond donors (Lipinski definition) is 1. The minimum atomic E-state index is -0.327. The molecule has 1 aliphatic heterocycles. The minimum Gasteiger partial charge on any atom is -0.391 e. The standard InChI is InChI=1S/C14H19NO2S/c16-11-6-7-15(9-11)14(17)13-8-10-4-2-1-3-5-12(10)18-13/h8,11,16H,1-7,9H2/t11-/m0/s1. The third-order valence-corrected chi connectivity index (χ3v) is 5.13. The predicted octanol–water partition coefficient (Wildman–Crippen LogP) is 2.22. The molecule has 98 valence electrons. The Morgan fingerprint density at radius 3 is 2.94 bits per heavy atom. The maximum absolute atomic E-state index is 12.3. The van der Waals surface area contributed by atoms with Gasteiger partial charge in [-0.3, -0.25) is 4.79 Å². The third kappa shape index (κ3) is 2.31. The molecule has 1 aliphatic carbocycles. The van der Waals surface area contributed by atoms with Crippen LogP contribution in [0.2, 0.25) is 0 Å². The van der Waals surface area contributed by atoms with E-state index < -0.39 is 0 Å². The van der Waals surface area contributed by atoms with Crippen molar-refractivity contribution in [3.05, 3.63) is 21.4 Å². The number of carbonyl (C=O) groups is 1. The monoisotopic (exact) mass is 265 g/mol. The van der Waals surface area contributed by atoms with Crippen LogP contribution in [0.5, 0.6) is 0 Å². The quantitative estimate of drug-likeness (QED) is 0.791. The molecule has 1 saturated heterocycles. The molecular weight excluding hydrogens is 246 g/mol. The highest BCUT2D eigenvalue weighted by Gasteiger charge is 2.27. The zero-order valence-corrected chi connectivity index (χ0v) is 11.3. The molecule has 18 heavy (non-hydrogen) atoms. The van der Waals surface area contributed by atoms with Crippen LogP contribution in [0.25, 0.3) is 0 Å². The van der Waals surface area contributed by atoms with E-state index in [4.69, 9.17) is 0 Å². The van der Waals surface area contributed by atoms with Gasteiger partial charge in [-0.2, -0.15) is 0 Å². The molecule has 0 unspecified atom stereocenters. The summed E-state index contributed by atoms with van der Waals surface area (Å²) in [6, 6.07) is 2.10. The molecule has 0 bridgehead atoms. The number of rotatable bonds is 1. The van der Waals surface area contributed by atoms with Crippen molar-refractivity contribution >= 4 is 17.2 Å². The van der Waals surface area contributed by atoms with Crippen LogP contribution in [-0.2, 0) is 12.8 Å². The number of thiophene rings is 1. The summed E-state index contributed by atoms with van der Waals surface area (Å²) in [5, 5.41) is 9.50. The molecule has 1 atom stereocenters. The average molecular weight is 265 g/mol. The number of hydrogen-bond acceptors (Lipinski definition) is 3. The molecule has 1 fully saturated rings. The van der Waals surface area contributed by atoms with E-state index in [2.05, 4.69) is 6.07 Å². The molecule has 2 aliphatic rings. The molecule has 2 heterocycles. The number of aryl methyl sites for hydroxylation is 2. The Labute approximate surface area is 111 Å². The highest BCUT2D eigenvalue weighted by Crippen LogP contribution is 2.30. The number of amides is 1. The van der Waals surface area contributed by atoms with Gasteiger partial charge in [0.15, 0.2) is 0 Å². The average Bonchev–Trinajstić information content (AvgIpc) is 2.90. The van der Waals surface area contributed by atoms with E-state index in [0.717, 1.165) is 24.1 Å². The molecule has 1 amide bonds. The SMILES string of the molecule is O=C(c1cc2c(s1)CCCCC2)N1CC[C@H](O)C1. The summed E-state index contributed by atoms with van der Waals surface area (Å²) < 4.78 is 0. The number of fused-ring (bicyclic) bond motifs is 1. The lowest BCUT2D eigenvalue weighted by molar-refractivity contribution is 0.0769. The maximum Gasteiger partial charge on any atom is 0.264 e. The molecule has 0 aromatic carbocycles. The van der Waals surface area contributed by atoms with Gasteiger partial charge < -0.3 is 10.0 Å². The molecule has 4 heteroatoms. The molecule has 0 radical (unpaired) electrons. The number of aliphatic hydroxyl groups is 1. The minimum absolute atomic E-state index is 0.115. The zero-order valence-electron chi connectivity index (χ0n) is 10.5. The van der Waals surface area contributed by atoms with E-state index in [1.807, 2.05) is 0 Å². The Morgan fingerprint density at radius 2 is 2.17 bits per heavy atom. The van der Waals surface area contributed by atoms with E-state index in [-0.39, 0.29) is 12.0 Å². The topological polar surface area (TPSA) is 40.5 Å². The summed E-state index contributed by atoms with van der Waals surface area (Å²) in [6.07, 6.45) is 6.47. The Hall–Kier alpha value is -0.870. The van der Waals surface area contributed by atoms with Gasteiger partial charge >= 0.3 is 0 Å². The van der Waals surface area contributed by atoms with Crippen molar-refractivity contribution in [3.8, 4) is 0 Å². The molecule has 3 rings (SSSR count). The Morgan fingerprint density at radius 1 is 1.33 bits per heavy atom. The van der Waals surface area contributed by atoms with Gasteiger partial charge in [0.05, 0.1) is 11.0 Å². The first-order valence-corrected chi connectivity index (χ1v) is 7.64. The van der Waals surface area contributed by atoms with Crippen molar-refractivity contribution in [2.45, 2.75) is 44.6 Å². The predicted molar refractivity (Wildman–Crippen MR) is 72.1 cm³/mol. The van der Waals surface area contributed by atoms with Crippen LogP contribution in [0, 0.1) is 0 Å². The number of likely N-dealkylation sites (tertiary alicyclic amines) is 1. The summed E-state index contributed by atoms with van der Waals surface area (Å²) in [6.45, 7) is 1.20. The second-order valence-electron chi connectivity index (χ2n) is 5.31. The van der Waals surface area contributed by atoms with Crippen molar-refractivity contribution in [2.75, 3.05) is 13.1 Å². The van der Waals surface area contributed by atoms with Crippen LogP contribution in [0.3, 0.4) is 0 Å². The second-order valence-corrected chi connectivity index (χ2v) is 6.45. The number of aliphatic hydroxyl groups excluding tert-OH is 1. The first-order valence-electron chi connectivity index (χ1n) is 6.83. The lowest BCUT2D eigenvalue weighted by Gasteiger charge is -2.13. The van der Waals surface area contributed by atoms with E-state index in [0.29, 0.717) is 13.1 Å². The largest absolute Gasteiger partial charge is 0.391 e. The molecule has 0 saturated carbocycles. The Balaban J connectivity index is 1.78. The summed E-state index contributed by atoms with van der Waals surface area (Å²) in [5.41, 5.74) is 1.39. The van der Waals surface area contributed by atoms with Crippen LogP contribution < -0.4 is 0 Å². The van der Waals surface area contributed by atoms with Gasteiger partial charge in [-0.05, 0) is 43.7 Å². The van der Waals surface area contributed by atoms with Crippen LogP contribution in [0.15, 0.2) is 6.07 Å². The number of β-amino-alcohol motifs (C(OH)–C–C–N with tert-alkyl or cyclic N) is 1. The second kappa shape index (κ2) is 5.02. The van der Waals surface area contributed by atoms with Crippen LogP contribution in [-0.4, -0.2) is 35.1 Å². The van der Waals surface area contributed by atoms with Gasteiger partial charge in [0, 0.05) is 18.0 Å². The molecule has 1 aromatic rings. The van der Waals surface area contributed by atoms with Gasteiger partial charge in [0.1, 0.15) is 0 Å². The molecule has 3 nitrogen and oxygen atoms in total. The fraction of sp³-hybridized carbons (Fsp3) is 0.643. The van der Waals surface area contributed by atoms with E-state index >= 15 is 0 Å². The van der Waals surface area contributed by atoms with Gasteiger partial charge in [-0.1, -0.05) is 6.42 Å². The molecular formula is C14H19NO2S. The highest BCUT2D eigenvalue weighted by molar-refractivity contribution is 7.14. The maximum atomic E-state index is 12.3. The Bertz CT molecular complexity index is 431. The summed E-state index contributed by atoms with van der Waals surface area (Å²) >= 11 is 1.67. The number of carbonyl (C=O) groups excluding carboxylic acids is 1. The summed E-state index contributed by atoms with van der Waals surface area (Å²) in [7, 11) is 0. The summed E-state index contributed by atoms with van der Waals surface area (Å²) in [4.78, 5) is 16.4. The van der Waals surface area contributed by atoms with Crippen molar-refractivity contribution < 1.29 is 9.90 Å². The first kappa shape index (κ1) is 12.2. The van der Waals surface area contributed by atoms with Crippen molar-refractivity contribution in [1.82, 2.24) is 4.90 Å². The van der Waals surface area contributed by atoms with E-state index in [9.17, 15) is 9.90 Å². The van der Waals surface area contributed by atoms with Gasteiger partial charge in [0.2, 0.25) is 0 Å². The van der Waals surface area contributed by atoms with E-state index in [1.54, 1.807) is 16.2 Å². The normalized spacial score (nSPS) is 23.8. The van der Waals surface area contributed by atoms with Crippen LogP contribution >= 0.6 is 11.3 Å². The Kier molecular flexibility index (Phi) is 3.39. The van der Waals surface area contributed by atoms with E-state index in [1.165, 1.54) is 29.7 Å². The van der Waals surface area contributed by atoms with Gasteiger partial charge in [-0.25, -0.2) is 0 Å². The lowest BCUT2D eigenvalue weighted by atomic mass is 10.1. The van der Waals surface area contributed by atoms with Crippen molar-refractivity contribution in [1.29, 1.82) is 0 Å². The fourth-order valence-corrected chi connectivity index (χ4v) is 4.08. The van der Waals surface area contributed by atoms with Crippen LogP contribution in [0.1, 0.15) is 45.8 Å². The highest BCUT2D eigenvalue weighted by atomic mass is 32.1. The third-order valence-electron chi connectivity index (χ3n) is 3.91. The van der Waals surface area contributed by atoms with Gasteiger partial charge in [-0.15, -0.1) is 11.3 Å². The smallest absolute Gasteiger partial charge is 0.264 e. The lowest BCUT2D eigenvalue weighted by Crippen LogP contribution is -2.28. The fourth-order valence-electron chi connectivity index (χ4n) is 2.85. The van der Waals surface area contributed by atoms with Crippen molar-refractivity contribution in [2.24, 2.45) is 0 Å². The zero-order chi connectivity index (χ0) is 12.5. The van der Waals surface area contributed by atoms with Gasteiger partial charge in [0.25, 0.3) is 5.91 Å². The molecule has 1 aromatic heterocycles. The molecule has 0 spiro atoms. The number of nitrogens with zero attached hydrogens (tertiary/aromatic N) is 1. The first-order chi connectivity index (χ1) is 8.74. The summed E-state index contributed by atoms with van der Waals surface area (Å²) in [5.74, 6) is 0.115. The van der Waals surface area contributed by atoms with Crippen molar-refractivity contribution in [3.63, 3.8) is 0 Å². The van der Waals surface area contributed by atoms with Crippen LogP contribution in [0.4, 0.5) is 0 Å².